The maximum atomic E-state index is 11.8. The van der Waals surface area contributed by atoms with Gasteiger partial charge in [-0.2, -0.15) is 5.10 Å². The van der Waals surface area contributed by atoms with Crippen molar-refractivity contribution in [2.75, 3.05) is 11.9 Å². The molecule has 2 aromatic carbocycles. The molecule has 0 aliphatic carbocycles. The van der Waals surface area contributed by atoms with Crippen molar-refractivity contribution < 1.29 is 19.4 Å². The average molecular weight is 434 g/mol. The molecule has 0 bridgehead atoms. The Morgan fingerprint density at radius 3 is 2.59 bits per heavy atom. The highest BCUT2D eigenvalue weighted by atomic mass is 79.9. The molecule has 2 aromatic rings. The van der Waals surface area contributed by atoms with Gasteiger partial charge in [0.25, 0.3) is 0 Å². The quantitative estimate of drug-likeness (QED) is 0.438. The number of benzene rings is 2. The van der Waals surface area contributed by atoms with E-state index >= 15 is 0 Å². The van der Waals surface area contributed by atoms with Crippen LogP contribution in [0.25, 0.3) is 0 Å². The predicted octanol–water partition coefficient (Wildman–Crippen LogP) is 3.42. The summed E-state index contributed by atoms with van der Waals surface area (Å²) in [6.07, 6.45) is 1.49. The monoisotopic (exact) mass is 433 g/mol. The van der Waals surface area contributed by atoms with Crippen molar-refractivity contribution in [3.05, 3.63) is 52.5 Å². The fraction of sp³-hybridized carbons (Fsp3) is 0.211. The first kappa shape index (κ1) is 20.4. The van der Waals surface area contributed by atoms with E-state index in [1.165, 1.54) is 6.21 Å². The minimum atomic E-state index is -0.377. The predicted molar refractivity (Wildman–Crippen MR) is 107 cm³/mol. The molecule has 0 atom stereocenters. The number of aromatic hydroxyl groups is 1. The fourth-order valence-electron chi connectivity index (χ4n) is 2.14. The largest absolute Gasteiger partial charge is 0.503 e. The fourth-order valence-corrected chi connectivity index (χ4v) is 2.60. The van der Waals surface area contributed by atoms with Crippen LogP contribution in [0, 0.1) is 0 Å². The number of hydrogen-bond donors (Lipinski definition) is 3. The molecule has 0 fully saturated rings. The minimum absolute atomic E-state index is 0.00228. The van der Waals surface area contributed by atoms with Crippen molar-refractivity contribution in [1.82, 2.24) is 5.43 Å². The third-order valence-electron chi connectivity index (χ3n) is 3.39. The normalized spacial score (nSPS) is 10.6. The summed E-state index contributed by atoms with van der Waals surface area (Å²) in [6.45, 7) is 2.21. The number of amides is 2. The molecule has 27 heavy (non-hydrogen) atoms. The molecule has 0 aliphatic heterocycles. The number of phenols is 1. The summed E-state index contributed by atoms with van der Waals surface area (Å²) in [7, 11) is 0. The Balaban J connectivity index is 1.82. The van der Waals surface area contributed by atoms with Crippen molar-refractivity contribution >= 4 is 39.6 Å². The van der Waals surface area contributed by atoms with Crippen LogP contribution in [-0.4, -0.2) is 29.7 Å². The van der Waals surface area contributed by atoms with Gasteiger partial charge in [-0.3, -0.25) is 9.59 Å². The number of nitrogens with zero attached hydrogens (tertiary/aromatic N) is 1. The van der Waals surface area contributed by atoms with Gasteiger partial charge in [-0.1, -0.05) is 18.2 Å². The number of carbonyl (C=O) groups is 2. The minimum Gasteiger partial charge on any atom is -0.503 e. The van der Waals surface area contributed by atoms with Gasteiger partial charge in [0.1, 0.15) is 0 Å². The van der Waals surface area contributed by atoms with Crippen LogP contribution >= 0.6 is 15.9 Å². The molecule has 142 valence electrons. The lowest BCUT2D eigenvalue weighted by Crippen LogP contribution is -2.20. The van der Waals surface area contributed by atoms with E-state index in [4.69, 9.17) is 4.74 Å². The van der Waals surface area contributed by atoms with Gasteiger partial charge >= 0.3 is 0 Å². The van der Waals surface area contributed by atoms with Crippen molar-refractivity contribution in [3.8, 4) is 11.5 Å². The van der Waals surface area contributed by atoms with Gasteiger partial charge < -0.3 is 15.2 Å². The van der Waals surface area contributed by atoms with Crippen molar-refractivity contribution in [1.29, 1.82) is 0 Å². The molecular formula is C19H20BrN3O4. The molecule has 3 N–H and O–H groups in total. The van der Waals surface area contributed by atoms with Crippen LogP contribution in [0.2, 0.25) is 0 Å². The van der Waals surface area contributed by atoms with Crippen LogP contribution in [0.4, 0.5) is 5.69 Å². The lowest BCUT2D eigenvalue weighted by molar-refractivity contribution is -0.124. The molecule has 0 saturated carbocycles. The first-order valence-electron chi connectivity index (χ1n) is 8.31. The van der Waals surface area contributed by atoms with Crippen molar-refractivity contribution in [2.24, 2.45) is 5.10 Å². The molecule has 0 aliphatic rings. The first-order valence-corrected chi connectivity index (χ1v) is 9.11. The van der Waals surface area contributed by atoms with Crippen molar-refractivity contribution in [3.63, 3.8) is 0 Å². The van der Waals surface area contributed by atoms with Crippen molar-refractivity contribution in [2.45, 2.75) is 19.8 Å². The van der Waals surface area contributed by atoms with Gasteiger partial charge in [-0.15, -0.1) is 0 Å². The second kappa shape index (κ2) is 10.3. The number of phenolic OH excluding ortho intramolecular Hbond substituents is 1. The lowest BCUT2D eigenvalue weighted by Gasteiger charge is -2.08. The third kappa shape index (κ3) is 6.74. The Kier molecular flexibility index (Phi) is 7.81. The highest BCUT2D eigenvalue weighted by Crippen LogP contribution is 2.34. The summed E-state index contributed by atoms with van der Waals surface area (Å²) in [4.78, 5) is 23.6. The number of para-hydroxylation sites is 1. The second-order valence-corrected chi connectivity index (χ2v) is 6.34. The standard InChI is InChI=1S/C19H20BrN3O4/c1-2-27-16-11-13(10-15(20)19(16)26)12-21-23-18(25)9-8-17(24)22-14-6-4-3-5-7-14/h3-7,10-12,26H,2,8-9H2,1H3,(H,22,24)(H,23,25)/b21-12+. The molecule has 0 radical (unpaired) electrons. The smallest absolute Gasteiger partial charge is 0.240 e. The van der Waals surface area contributed by atoms with Crippen LogP contribution in [0.15, 0.2) is 52.0 Å². The van der Waals surface area contributed by atoms with E-state index in [2.05, 4.69) is 31.8 Å². The molecule has 0 heterocycles. The molecule has 2 rings (SSSR count). The summed E-state index contributed by atoms with van der Waals surface area (Å²) in [5, 5.41) is 16.4. The number of carbonyl (C=O) groups excluding carboxylic acids is 2. The van der Waals surface area contributed by atoms with Crippen LogP contribution in [0.5, 0.6) is 11.5 Å². The maximum absolute atomic E-state index is 11.8. The number of hydrogen-bond acceptors (Lipinski definition) is 5. The van der Waals surface area contributed by atoms with Crippen LogP contribution < -0.4 is 15.5 Å². The van der Waals surface area contributed by atoms with Gasteiger partial charge in [0.2, 0.25) is 11.8 Å². The molecule has 0 unspecified atom stereocenters. The summed E-state index contributed by atoms with van der Waals surface area (Å²) < 4.78 is 5.78. The number of rotatable bonds is 8. The van der Waals surface area contributed by atoms with E-state index in [0.717, 1.165) is 0 Å². The first-order chi connectivity index (χ1) is 13.0. The molecule has 0 aromatic heterocycles. The zero-order chi connectivity index (χ0) is 19.6. The highest BCUT2D eigenvalue weighted by Gasteiger charge is 2.09. The zero-order valence-electron chi connectivity index (χ0n) is 14.7. The highest BCUT2D eigenvalue weighted by molar-refractivity contribution is 9.10. The van der Waals surface area contributed by atoms with Crippen LogP contribution in [0.1, 0.15) is 25.3 Å². The van der Waals surface area contributed by atoms with Crippen LogP contribution in [0.3, 0.4) is 0 Å². The summed E-state index contributed by atoms with van der Waals surface area (Å²) in [6, 6.07) is 12.3. The number of anilines is 1. The lowest BCUT2D eigenvalue weighted by atomic mass is 10.2. The zero-order valence-corrected chi connectivity index (χ0v) is 16.3. The van der Waals surface area contributed by atoms with E-state index in [-0.39, 0.29) is 30.4 Å². The molecular weight excluding hydrogens is 414 g/mol. The number of ether oxygens (including phenoxy) is 1. The molecule has 0 saturated heterocycles. The van der Waals surface area contributed by atoms with E-state index in [9.17, 15) is 14.7 Å². The molecule has 2 amide bonds. The van der Waals surface area contributed by atoms with E-state index < -0.39 is 0 Å². The SMILES string of the molecule is CCOc1cc(/C=N/NC(=O)CCC(=O)Nc2ccccc2)cc(Br)c1O. The topological polar surface area (TPSA) is 100 Å². The number of halogens is 1. The van der Waals surface area contributed by atoms with Gasteiger partial charge in [-0.25, -0.2) is 5.43 Å². The number of nitrogens with one attached hydrogen (secondary N) is 2. The van der Waals surface area contributed by atoms with Gasteiger partial charge in [-0.05, 0) is 52.7 Å². The summed E-state index contributed by atoms with van der Waals surface area (Å²) >= 11 is 3.23. The van der Waals surface area contributed by atoms with E-state index in [0.29, 0.717) is 28.1 Å². The van der Waals surface area contributed by atoms with E-state index in [1.807, 2.05) is 25.1 Å². The Hall–Kier alpha value is -2.87. The average Bonchev–Trinajstić information content (AvgIpc) is 2.65. The molecule has 7 nitrogen and oxygen atoms in total. The van der Waals surface area contributed by atoms with E-state index in [1.54, 1.807) is 24.3 Å². The summed E-state index contributed by atoms with van der Waals surface area (Å²) in [5.74, 6) is -0.304. The van der Waals surface area contributed by atoms with Gasteiger partial charge in [0.05, 0.1) is 17.3 Å². The maximum Gasteiger partial charge on any atom is 0.240 e. The Morgan fingerprint density at radius 1 is 1.19 bits per heavy atom. The van der Waals surface area contributed by atoms with Crippen LogP contribution in [-0.2, 0) is 9.59 Å². The third-order valence-corrected chi connectivity index (χ3v) is 3.99. The van der Waals surface area contributed by atoms with Gasteiger partial charge in [0.15, 0.2) is 11.5 Å². The molecule has 8 heteroatoms. The van der Waals surface area contributed by atoms with Gasteiger partial charge in [0, 0.05) is 18.5 Å². The number of hydrazone groups is 1. The second-order valence-electron chi connectivity index (χ2n) is 5.49. The Labute approximate surface area is 165 Å². The Bertz CT molecular complexity index is 825. The Morgan fingerprint density at radius 2 is 1.89 bits per heavy atom. The summed E-state index contributed by atoms with van der Waals surface area (Å²) in [5.41, 5.74) is 3.68. The molecule has 0 spiro atoms.